The molecule has 0 aliphatic heterocycles. The Morgan fingerprint density at radius 3 is 3.13 bits per heavy atom. The topological polar surface area (TPSA) is 83.7 Å². The molecule has 0 saturated carbocycles. The molecule has 0 unspecified atom stereocenters. The van der Waals surface area contributed by atoms with E-state index in [-0.39, 0.29) is 5.56 Å². The fraction of sp³-hybridized carbons (Fsp3) is 0.556. The lowest BCUT2D eigenvalue weighted by Crippen LogP contribution is -2.22. The zero-order valence-corrected chi connectivity index (χ0v) is 8.63. The molecular weight excluding hydrogens is 194 g/mol. The molecule has 0 atom stereocenters. The van der Waals surface area contributed by atoms with E-state index < -0.39 is 0 Å². The number of aryl methyl sites for hydroxylation is 2. The summed E-state index contributed by atoms with van der Waals surface area (Å²) in [5.41, 5.74) is 8.51. The summed E-state index contributed by atoms with van der Waals surface area (Å²) in [7, 11) is 0. The molecule has 0 aromatic carbocycles. The van der Waals surface area contributed by atoms with Gasteiger partial charge in [0, 0.05) is 30.4 Å². The Bertz CT molecular complexity index is 419. The van der Waals surface area contributed by atoms with E-state index in [9.17, 15) is 4.79 Å². The predicted octanol–water partition coefficient (Wildman–Crippen LogP) is 1.64. The molecule has 6 nitrogen and oxygen atoms in total. The monoisotopic (exact) mass is 207 g/mol. The molecule has 80 valence electrons. The van der Waals surface area contributed by atoms with Gasteiger partial charge >= 0.3 is 0 Å². The molecule has 0 N–H and O–H groups in total. The number of unbranched alkanes of at least 4 members (excludes halogenated alkanes) is 1. The third-order valence-electron chi connectivity index (χ3n) is 2.06. The maximum absolute atomic E-state index is 11.5. The minimum atomic E-state index is -0.0544. The number of nitrogens with zero attached hydrogens (tertiary/aromatic N) is 5. The van der Waals surface area contributed by atoms with Gasteiger partial charge in [0.2, 0.25) is 0 Å². The number of rotatable bonds is 5. The first-order valence-electron chi connectivity index (χ1n) is 4.78. The molecule has 0 aliphatic rings. The van der Waals surface area contributed by atoms with E-state index in [1.165, 1.54) is 0 Å². The number of hydrogen-bond donors (Lipinski definition) is 0. The zero-order valence-electron chi connectivity index (χ0n) is 8.63. The number of hydrogen-bond acceptors (Lipinski definition) is 3. The molecule has 1 aromatic rings. The lowest BCUT2D eigenvalue weighted by Gasteiger charge is -2.04. The van der Waals surface area contributed by atoms with Crippen LogP contribution in [0.5, 0.6) is 0 Å². The SMILES string of the molecule is Cc1nccn(CCCCN=[N+]=[N-])c1=O. The molecule has 1 heterocycles. The van der Waals surface area contributed by atoms with Crippen molar-refractivity contribution in [3.63, 3.8) is 0 Å². The van der Waals surface area contributed by atoms with Crippen LogP contribution in [0.15, 0.2) is 22.3 Å². The zero-order chi connectivity index (χ0) is 11.1. The summed E-state index contributed by atoms with van der Waals surface area (Å²) in [6.07, 6.45) is 4.90. The molecule has 15 heavy (non-hydrogen) atoms. The van der Waals surface area contributed by atoms with Gasteiger partial charge in [-0.05, 0) is 25.3 Å². The third kappa shape index (κ3) is 3.44. The second-order valence-electron chi connectivity index (χ2n) is 3.17. The first-order chi connectivity index (χ1) is 7.25. The number of azide groups is 1. The van der Waals surface area contributed by atoms with Gasteiger partial charge in [-0.15, -0.1) is 0 Å². The molecule has 1 rings (SSSR count). The fourth-order valence-corrected chi connectivity index (χ4v) is 1.24. The van der Waals surface area contributed by atoms with Gasteiger partial charge in [-0.25, -0.2) is 0 Å². The largest absolute Gasteiger partial charge is 0.312 e. The minimum absolute atomic E-state index is 0.0544. The molecule has 0 fully saturated rings. The van der Waals surface area contributed by atoms with Crippen molar-refractivity contribution in [2.24, 2.45) is 5.11 Å². The van der Waals surface area contributed by atoms with E-state index >= 15 is 0 Å². The van der Waals surface area contributed by atoms with Gasteiger partial charge < -0.3 is 4.57 Å². The van der Waals surface area contributed by atoms with Crippen molar-refractivity contribution in [1.82, 2.24) is 9.55 Å². The van der Waals surface area contributed by atoms with Crippen LogP contribution in [0.25, 0.3) is 10.4 Å². The Balaban J connectivity index is 2.47. The second-order valence-corrected chi connectivity index (χ2v) is 3.17. The highest BCUT2D eigenvalue weighted by atomic mass is 16.1. The van der Waals surface area contributed by atoms with Gasteiger partial charge in [0.05, 0.1) is 0 Å². The van der Waals surface area contributed by atoms with Crippen LogP contribution in [-0.2, 0) is 6.54 Å². The van der Waals surface area contributed by atoms with E-state index in [2.05, 4.69) is 15.0 Å². The summed E-state index contributed by atoms with van der Waals surface area (Å²) in [5.74, 6) is 0. The van der Waals surface area contributed by atoms with Crippen molar-refractivity contribution < 1.29 is 0 Å². The first kappa shape index (κ1) is 11.3. The van der Waals surface area contributed by atoms with Crippen molar-refractivity contribution >= 4 is 0 Å². The van der Waals surface area contributed by atoms with Crippen molar-refractivity contribution in [1.29, 1.82) is 0 Å². The van der Waals surface area contributed by atoms with Crippen LogP contribution in [0.2, 0.25) is 0 Å². The molecule has 0 spiro atoms. The van der Waals surface area contributed by atoms with E-state index in [0.717, 1.165) is 12.8 Å². The second kappa shape index (κ2) is 5.82. The van der Waals surface area contributed by atoms with Crippen molar-refractivity contribution in [3.8, 4) is 0 Å². The smallest absolute Gasteiger partial charge is 0.271 e. The van der Waals surface area contributed by atoms with Crippen LogP contribution in [0.1, 0.15) is 18.5 Å². The molecule has 0 aliphatic carbocycles. The quantitative estimate of drug-likeness (QED) is 0.318. The lowest BCUT2D eigenvalue weighted by molar-refractivity contribution is 0.591. The van der Waals surface area contributed by atoms with E-state index in [0.29, 0.717) is 18.8 Å². The van der Waals surface area contributed by atoms with Gasteiger partial charge in [0.1, 0.15) is 5.69 Å². The minimum Gasteiger partial charge on any atom is -0.312 e. The predicted molar refractivity (Wildman–Crippen MR) is 56.5 cm³/mol. The lowest BCUT2D eigenvalue weighted by atomic mass is 10.3. The van der Waals surface area contributed by atoms with Gasteiger partial charge in [0.25, 0.3) is 5.56 Å². The Hall–Kier alpha value is -1.81. The van der Waals surface area contributed by atoms with Crippen LogP contribution < -0.4 is 5.56 Å². The molecule has 0 radical (unpaired) electrons. The van der Waals surface area contributed by atoms with Crippen molar-refractivity contribution in [2.45, 2.75) is 26.3 Å². The summed E-state index contributed by atoms with van der Waals surface area (Å²) in [6, 6.07) is 0. The van der Waals surface area contributed by atoms with Gasteiger partial charge in [-0.2, -0.15) is 0 Å². The maximum Gasteiger partial charge on any atom is 0.271 e. The Morgan fingerprint density at radius 2 is 2.40 bits per heavy atom. The van der Waals surface area contributed by atoms with Crippen LogP contribution in [0.3, 0.4) is 0 Å². The Labute approximate surface area is 87.2 Å². The summed E-state index contributed by atoms with van der Waals surface area (Å²) in [5, 5.41) is 3.42. The van der Waals surface area contributed by atoms with E-state index in [1.807, 2.05) is 0 Å². The Morgan fingerprint density at radius 1 is 1.60 bits per heavy atom. The molecule has 0 amide bonds. The van der Waals surface area contributed by atoms with Gasteiger partial charge in [-0.1, -0.05) is 5.11 Å². The summed E-state index contributed by atoms with van der Waals surface area (Å²) < 4.78 is 1.62. The normalized spacial score (nSPS) is 9.67. The molecule has 1 aromatic heterocycles. The summed E-state index contributed by atoms with van der Waals surface area (Å²) >= 11 is 0. The van der Waals surface area contributed by atoms with Crippen molar-refractivity contribution in [2.75, 3.05) is 6.54 Å². The highest BCUT2D eigenvalue weighted by molar-refractivity contribution is 4.94. The standard InChI is InChI=1S/C9H13N5O/c1-8-9(15)14(7-5-11-8)6-3-2-4-12-13-10/h5,7H,2-4,6H2,1H3. The Kier molecular flexibility index (Phi) is 4.37. The van der Waals surface area contributed by atoms with Gasteiger partial charge in [0.15, 0.2) is 0 Å². The molecule has 6 heteroatoms. The van der Waals surface area contributed by atoms with Gasteiger partial charge in [-0.3, -0.25) is 9.78 Å². The average Bonchev–Trinajstić information content (AvgIpc) is 2.24. The summed E-state index contributed by atoms with van der Waals surface area (Å²) in [6.45, 7) is 2.82. The van der Waals surface area contributed by atoms with E-state index in [4.69, 9.17) is 5.53 Å². The maximum atomic E-state index is 11.5. The van der Waals surface area contributed by atoms with Crippen LogP contribution in [0, 0.1) is 6.92 Å². The van der Waals surface area contributed by atoms with Crippen LogP contribution in [-0.4, -0.2) is 16.1 Å². The first-order valence-corrected chi connectivity index (χ1v) is 4.78. The molecule has 0 saturated heterocycles. The number of aromatic nitrogens is 2. The fourth-order valence-electron chi connectivity index (χ4n) is 1.24. The molecule has 0 bridgehead atoms. The van der Waals surface area contributed by atoms with Crippen LogP contribution in [0.4, 0.5) is 0 Å². The highest BCUT2D eigenvalue weighted by Gasteiger charge is 1.98. The third-order valence-corrected chi connectivity index (χ3v) is 2.06. The van der Waals surface area contributed by atoms with Crippen LogP contribution >= 0.6 is 0 Å². The molecular formula is C9H13N5O. The highest BCUT2D eigenvalue weighted by Crippen LogP contribution is 1.94. The van der Waals surface area contributed by atoms with E-state index in [1.54, 1.807) is 23.9 Å². The van der Waals surface area contributed by atoms with Crippen molar-refractivity contribution in [3.05, 3.63) is 38.9 Å². The summed E-state index contributed by atoms with van der Waals surface area (Å²) in [4.78, 5) is 18.1. The average molecular weight is 207 g/mol.